The quantitative estimate of drug-likeness (QED) is 0.891. The SMILES string of the molecule is NC(c1cc(Cl)ccc1Cl)c1ccccc1OC(F)F. The first-order chi connectivity index (χ1) is 9.49. The van der Waals surface area contributed by atoms with Gasteiger partial charge < -0.3 is 10.5 Å². The first-order valence-corrected chi connectivity index (χ1v) is 6.49. The highest BCUT2D eigenvalue weighted by molar-refractivity contribution is 6.33. The van der Waals surface area contributed by atoms with Gasteiger partial charge in [0, 0.05) is 15.6 Å². The molecular formula is C14H11Cl2F2NO. The van der Waals surface area contributed by atoms with E-state index < -0.39 is 12.7 Å². The molecule has 0 saturated heterocycles. The number of ether oxygens (including phenoxy) is 1. The molecule has 1 unspecified atom stereocenters. The fraction of sp³-hybridized carbons (Fsp3) is 0.143. The molecule has 20 heavy (non-hydrogen) atoms. The van der Waals surface area contributed by atoms with Crippen LogP contribution in [0.3, 0.4) is 0 Å². The molecule has 0 aliphatic carbocycles. The molecule has 0 amide bonds. The number of hydrogen-bond donors (Lipinski definition) is 1. The number of rotatable bonds is 4. The van der Waals surface area contributed by atoms with E-state index in [2.05, 4.69) is 4.74 Å². The van der Waals surface area contributed by atoms with Crippen molar-refractivity contribution in [1.29, 1.82) is 0 Å². The number of nitrogens with two attached hydrogens (primary N) is 1. The monoisotopic (exact) mass is 317 g/mol. The lowest BCUT2D eigenvalue weighted by atomic mass is 9.99. The van der Waals surface area contributed by atoms with Gasteiger partial charge in [0.2, 0.25) is 0 Å². The summed E-state index contributed by atoms with van der Waals surface area (Å²) in [7, 11) is 0. The van der Waals surface area contributed by atoms with Gasteiger partial charge in [-0.05, 0) is 29.8 Å². The molecule has 0 aromatic heterocycles. The van der Waals surface area contributed by atoms with Crippen molar-refractivity contribution < 1.29 is 13.5 Å². The lowest BCUT2D eigenvalue weighted by Crippen LogP contribution is -2.15. The van der Waals surface area contributed by atoms with Crippen LogP contribution in [0.2, 0.25) is 10.0 Å². The molecule has 0 aliphatic heterocycles. The second-order valence-electron chi connectivity index (χ2n) is 4.06. The summed E-state index contributed by atoms with van der Waals surface area (Å²) in [4.78, 5) is 0. The molecule has 0 fully saturated rings. The van der Waals surface area contributed by atoms with E-state index in [4.69, 9.17) is 28.9 Å². The molecule has 106 valence electrons. The molecule has 2 aromatic carbocycles. The van der Waals surface area contributed by atoms with Crippen molar-refractivity contribution in [1.82, 2.24) is 0 Å². The van der Waals surface area contributed by atoms with E-state index >= 15 is 0 Å². The van der Waals surface area contributed by atoms with E-state index in [1.807, 2.05) is 0 Å². The summed E-state index contributed by atoms with van der Waals surface area (Å²) in [6, 6.07) is 10.4. The predicted octanol–water partition coefficient (Wildman–Crippen LogP) is 4.64. The van der Waals surface area contributed by atoms with Gasteiger partial charge in [-0.2, -0.15) is 8.78 Å². The van der Waals surface area contributed by atoms with Crippen molar-refractivity contribution in [2.24, 2.45) is 5.73 Å². The Morgan fingerprint density at radius 1 is 1.00 bits per heavy atom. The Morgan fingerprint density at radius 3 is 2.40 bits per heavy atom. The van der Waals surface area contributed by atoms with Gasteiger partial charge in [0.1, 0.15) is 5.75 Å². The zero-order valence-corrected chi connectivity index (χ0v) is 11.7. The van der Waals surface area contributed by atoms with Crippen LogP contribution in [0, 0.1) is 0 Å². The summed E-state index contributed by atoms with van der Waals surface area (Å²) in [5.41, 5.74) is 7.05. The van der Waals surface area contributed by atoms with Crippen LogP contribution in [0.4, 0.5) is 8.78 Å². The minimum Gasteiger partial charge on any atom is -0.434 e. The minimum absolute atomic E-state index is 0.0195. The van der Waals surface area contributed by atoms with Crippen LogP contribution in [0.5, 0.6) is 5.75 Å². The number of para-hydroxylation sites is 1. The van der Waals surface area contributed by atoms with Crippen LogP contribution in [0.15, 0.2) is 42.5 Å². The minimum atomic E-state index is -2.92. The Morgan fingerprint density at radius 2 is 1.70 bits per heavy atom. The number of alkyl halides is 2. The highest BCUT2D eigenvalue weighted by Crippen LogP contribution is 2.33. The van der Waals surface area contributed by atoms with E-state index in [0.29, 0.717) is 21.2 Å². The lowest BCUT2D eigenvalue weighted by Gasteiger charge is -2.18. The predicted molar refractivity (Wildman–Crippen MR) is 75.6 cm³/mol. The first kappa shape index (κ1) is 15.0. The van der Waals surface area contributed by atoms with E-state index in [0.717, 1.165) is 0 Å². The normalized spacial score (nSPS) is 12.5. The number of halogens is 4. The van der Waals surface area contributed by atoms with Gasteiger partial charge in [-0.3, -0.25) is 0 Å². The summed E-state index contributed by atoms with van der Waals surface area (Å²) in [5, 5.41) is 0.876. The second-order valence-corrected chi connectivity index (χ2v) is 4.90. The van der Waals surface area contributed by atoms with Gasteiger partial charge in [-0.25, -0.2) is 0 Å². The Kier molecular flexibility index (Phi) is 4.81. The summed E-state index contributed by atoms with van der Waals surface area (Å²) in [6.07, 6.45) is 0. The summed E-state index contributed by atoms with van der Waals surface area (Å²) in [5.74, 6) is 0.0195. The Labute approximate surface area is 125 Å². The summed E-state index contributed by atoms with van der Waals surface area (Å²) < 4.78 is 29.3. The molecule has 0 radical (unpaired) electrons. The third-order valence-corrected chi connectivity index (χ3v) is 3.34. The summed E-state index contributed by atoms with van der Waals surface area (Å²) >= 11 is 12.0. The third-order valence-electron chi connectivity index (χ3n) is 2.76. The molecular weight excluding hydrogens is 307 g/mol. The number of benzene rings is 2. The first-order valence-electron chi connectivity index (χ1n) is 5.73. The lowest BCUT2D eigenvalue weighted by molar-refractivity contribution is -0.0505. The van der Waals surface area contributed by atoms with Crippen LogP contribution >= 0.6 is 23.2 Å². The Hall–Kier alpha value is -1.36. The molecule has 0 bridgehead atoms. The average molecular weight is 318 g/mol. The molecule has 2 nitrogen and oxygen atoms in total. The molecule has 2 rings (SSSR count). The van der Waals surface area contributed by atoms with E-state index in [1.165, 1.54) is 6.07 Å². The fourth-order valence-electron chi connectivity index (χ4n) is 1.86. The topological polar surface area (TPSA) is 35.2 Å². The maximum Gasteiger partial charge on any atom is 0.387 e. The van der Waals surface area contributed by atoms with Gasteiger partial charge in [0.15, 0.2) is 0 Å². The van der Waals surface area contributed by atoms with Crippen molar-refractivity contribution in [3.63, 3.8) is 0 Å². The molecule has 6 heteroatoms. The van der Waals surface area contributed by atoms with Crippen LogP contribution < -0.4 is 10.5 Å². The van der Waals surface area contributed by atoms with Gasteiger partial charge >= 0.3 is 6.61 Å². The van der Waals surface area contributed by atoms with E-state index in [9.17, 15) is 8.78 Å². The van der Waals surface area contributed by atoms with Crippen LogP contribution in [0.25, 0.3) is 0 Å². The molecule has 0 spiro atoms. The standard InChI is InChI=1S/C14H11Cl2F2NO/c15-8-5-6-11(16)10(7-8)13(19)9-3-1-2-4-12(9)20-14(17)18/h1-7,13-14H,19H2. The van der Waals surface area contributed by atoms with Gasteiger partial charge in [0.05, 0.1) is 6.04 Å². The van der Waals surface area contributed by atoms with Crippen LogP contribution in [-0.2, 0) is 0 Å². The van der Waals surface area contributed by atoms with Gasteiger partial charge in [-0.1, -0.05) is 41.4 Å². The van der Waals surface area contributed by atoms with E-state index in [-0.39, 0.29) is 5.75 Å². The fourth-order valence-corrected chi connectivity index (χ4v) is 2.28. The Bertz CT molecular complexity index is 607. The molecule has 1 atom stereocenters. The molecule has 0 saturated carbocycles. The molecule has 0 heterocycles. The van der Waals surface area contributed by atoms with Crippen molar-refractivity contribution in [3.05, 3.63) is 63.6 Å². The Balaban J connectivity index is 2.42. The van der Waals surface area contributed by atoms with Crippen LogP contribution in [-0.4, -0.2) is 6.61 Å². The average Bonchev–Trinajstić information content (AvgIpc) is 2.41. The largest absolute Gasteiger partial charge is 0.434 e. The zero-order chi connectivity index (χ0) is 14.7. The van der Waals surface area contributed by atoms with Crippen molar-refractivity contribution in [3.8, 4) is 5.75 Å². The smallest absolute Gasteiger partial charge is 0.387 e. The maximum atomic E-state index is 12.4. The van der Waals surface area contributed by atoms with Crippen molar-refractivity contribution >= 4 is 23.2 Å². The second kappa shape index (κ2) is 6.39. The molecule has 0 aliphatic rings. The highest BCUT2D eigenvalue weighted by atomic mass is 35.5. The zero-order valence-electron chi connectivity index (χ0n) is 10.2. The van der Waals surface area contributed by atoms with E-state index in [1.54, 1.807) is 36.4 Å². The number of hydrogen-bond acceptors (Lipinski definition) is 2. The molecule has 2 N–H and O–H groups in total. The molecule has 2 aromatic rings. The van der Waals surface area contributed by atoms with Crippen molar-refractivity contribution in [2.75, 3.05) is 0 Å². The third kappa shape index (κ3) is 3.39. The van der Waals surface area contributed by atoms with Gasteiger partial charge in [-0.15, -0.1) is 0 Å². The summed E-state index contributed by atoms with van der Waals surface area (Å²) in [6.45, 7) is -2.92. The van der Waals surface area contributed by atoms with Crippen molar-refractivity contribution in [2.45, 2.75) is 12.7 Å². The maximum absolute atomic E-state index is 12.4. The highest BCUT2D eigenvalue weighted by Gasteiger charge is 2.18. The van der Waals surface area contributed by atoms with Crippen LogP contribution in [0.1, 0.15) is 17.2 Å². The van der Waals surface area contributed by atoms with Gasteiger partial charge in [0.25, 0.3) is 0 Å².